The Morgan fingerprint density at radius 2 is 2.00 bits per heavy atom. The van der Waals surface area contributed by atoms with Gasteiger partial charge in [-0.15, -0.1) is 0 Å². The SMILES string of the molecule is CC(C)[C@H]1CN(c2ncc(C(F)(F)F)cc2F)C(=O)N1CC(=O)Cc1cc(Cl)ccn1. The van der Waals surface area contributed by atoms with Gasteiger partial charge in [0.1, 0.15) is 0 Å². The van der Waals surface area contributed by atoms with E-state index in [9.17, 15) is 27.2 Å². The largest absolute Gasteiger partial charge is 0.417 e. The summed E-state index contributed by atoms with van der Waals surface area (Å²) in [6, 6.07) is 2.26. The molecule has 1 aliphatic rings. The first-order chi connectivity index (χ1) is 14.5. The minimum absolute atomic E-state index is 0.00548. The molecule has 0 aromatic carbocycles. The summed E-state index contributed by atoms with van der Waals surface area (Å²) in [6.07, 6.45) is -2.87. The van der Waals surface area contributed by atoms with E-state index in [0.717, 1.165) is 4.90 Å². The van der Waals surface area contributed by atoms with Crippen LogP contribution in [-0.2, 0) is 17.4 Å². The summed E-state index contributed by atoms with van der Waals surface area (Å²) in [5.41, 5.74) is -0.806. The number of urea groups is 1. The van der Waals surface area contributed by atoms with E-state index < -0.39 is 35.4 Å². The number of alkyl halides is 3. The standard InChI is InChI=1S/C20H19ClF4N4O2/c1-11(2)17-10-29(18-16(22)5-12(8-27-18)20(23,24)25)19(31)28(17)9-15(30)7-14-6-13(21)3-4-26-14/h3-6,8,11,17H,7,9-10H2,1-2H3/t17-/m1/s1. The van der Waals surface area contributed by atoms with Crippen molar-refractivity contribution in [1.29, 1.82) is 0 Å². The second-order valence-electron chi connectivity index (χ2n) is 7.54. The number of Topliss-reactive ketones (excluding diaryl/α,β-unsaturated/α-hetero) is 1. The number of aromatic nitrogens is 2. The molecule has 2 aromatic rings. The Morgan fingerprint density at radius 3 is 2.58 bits per heavy atom. The number of carbonyl (C=O) groups excluding carboxylic acids is 2. The van der Waals surface area contributed by atoms with Crippen LogP contribution in [0.1, 0.15) is 25.1 Å². The Morgan fingerprint density at radius 1 is 1.29 bits per heavy atom. The lowest BCUT2D eigenvalue weighted by Crippen LogP contribution is -2.41. The molecular formula is C20H19ClF4N4O2. The van der Waals surface area contributed by atoms with Crippen LogP contribution in [0.15, 0.2) is 30.6 Å². The molecule has 166 valence electrons. The number of amides is 2. The van der Waals surface area contributed by atoms with Crippen LogP contribution in [0, 0.1) is 11.7 Å². The lowest BCUT2D eigenvalue weighted by Gasteiger charge is -2.25. The molecule has 1 atom stereocenters. The summed E-state index contributed by atoms with van der Waals surface area (Å²) >= 11 is 5.89. The van der Waals surface area contributed by atoms with Crippen molar-refractivity contribution in [2.75, 3.05) is 18.0 Å². The highest BCUT2D eigenvalue weighted by Gasteiger charge is 2.42. The van der Waals surface area contributed by atoms with Gasteiger partial charge < -0.3 is 4.90 Å². The van der Waals surface area contributed by atoms with Gasteiger partial charge >= 0.3 is 12.2 Å². The van der Waals surface area contributed by atoms with Gasteiger partial charge in [-0.25, -0.2) is 14.2 Å². The van der Waals surface area contributed by atoms with E-state index in [-0.39, 0.29) is 31.2 Å². The number of ketones is 1. The van der Waals surface area contributed by atoms with Crippen LogP contribution in [0.2, 0.25) is 5.02 Å². The number of halogens is 5. The number of hydrogen-bond donors (Lipinski definition) is 0. The summed E-state index contributed by atoms with van der Waals surface area (Å²) in [6.45, 7) is 3.39. The smallest absolute Gasteiger partial charge is 0.312 e. The van der Waals surface area contributed by atoms with Gasteiger partial charge in [0, 0.05) is 23.1 Å². The Labute approximate surface area is 180 Å². The van der Waals surface area contributed by atoms with E-state index in [4.69, 9.17) is 11.6 Å². The number of rotatable bonds is 6. The third kappa shape index (κ3) is 5.12. The van der Waals surface area contributed by atoms with Gasteiger partial charge in [-0.1, -0.05) is 25.4 Å². The second kappa shape index (κ2) is 8.78. The predicted molar refractivity (Wildman–Crippen MR) is 105 cm³/mol. The van der Waals surface area contributed by atoms with E-state index in [1.165, 1.54) is 11.1 Å². The third-order valence-corrected chi connectivity index (χ3v) is 5.16. The molecule has 2 aromatic heterocycles. The van der Waals surface area contributed by atoms with Crippen molar-refractivity contribution >= 4 is 29.2 Å². The van der Waals surface area contributed by atoms with Gasteiger partial charge in [0.15, 0.2) is 17.4 Å². The molecule has 2 amide bonds. The zero-order valence-electron chi connectivity index (χ0n) is 16.7. The number of anilines is 1. The van der Waals surface area contributed by atoms with E-state index in [1.54, 1.807) is 12.1 Å². The lowest BCUT2D eigenvalue weighted by atomic mass is 10.0. The molecule has 0 unspecified atom stereocenters. The normalized spacial score (nSPS) is 17.0. The maximum absolute atomic E-state index is 14.4. The van der Waals surface area contributed by atoms with E-state index in [2.05, 4.69) is 9.97 Å². The molecule has 0 saturated carbocycles. The number of carbonyl (C=O) groups is 2. The molecule has 11 heteroatoms. The van der Waals surface area contributed by atoms with Gasteiger partial charge in [-0.3, -0.25) is 14.7 Å². The van der Waals surface area contributed by atoms with Crippen LogP contribution in [0.4, 0.5) is 28.2 Å². The van der Waals surface area contributed by atoms with Crippen LogP contribution in [0.3, 0.4) is 0 Å². The topological polar surface area (TPSA) is 66.4 Å². The zero-order valence-corrected chi connectivity index (χ0v) is 17.4. The minimum Gasteiger partial charge on any atom is -0.312 e. The van der Waals surface area contributed by atoms with E-state index >= 15 is 0 Å². The minimum atomic E-state index is -4.76. The van der Waals surface area contributed by atoms with Crippen molar-refractivity contribution in [3.63, 3.8) is 0 Å². The first kappa shape index (κ1) is 22.9. The van der Waals surface area contributed by atoms with E-state index in [1.807, 2.05) is 13.8 Å². The van der Waals surface area contributed by atoms with Crippen LogP contribution in [0.5, 0.6) is 0 Å². The van der Waals surface area contributed by atoms with Crippen LogP contribution < -0.4 is 4.90 Å². The Kier molecular flexibility index (Phi) is 6.49. The van der Waals surface area contributed by atoms with Gasteiger partial charge in [0.05, 0.1) is 31.1 Å². The van der Waals surface area contributed by atoms with Crippen LogP contribution in [0.25, 0.3) is 0 Å². The molecule has 0 bridgehead atoms. The highest BCUT2D eigenvalue weighted by atomic mass is 35.5. The van der Waals surface area contributed by atoms with Gasteiger partial charge in [0.25, 0.3) is 0 Å². The molecule has 3 rings (SSSR count). The Hall–Kier alpha value is -2.75. The predicted octanol–water partition coefficient (Wildman–Crippen LogP) is 4.37. The van der Waals surface area contributed by atoms with Crippen LogP contribution >= 0.6 is 11.6 Å². The van der Waals surface area contributed by atoms with Gasteiger partial charge in [0.2, 0.25) is 0 Å². The fourth-order valence-electron chi connectivity index (χ4n) is 3.37. The Bertz CT molecular complexity index is 999. The summed E-state index contributed by atoms with van der Waals surface area (Å²) in [5.74, 6) is -2.17. The number of pyridine rings is 2. The lowest BCUT2D eigenvalue weighted by molar-refractivity contribution is -0.138. The number of nitrogens with zero attached hydrogens (tertiary/aromatic N) is 4. The summed E-state index contributed by atoms with van der Waals surface area (Å²) in [7, 11) is 0. The Balaban J connectivity index is 1.80. The van der Waals surface area contributed by atoms with Gasteiger partial charge in [-0.05, 0) is 24.1 Å². The molecule has 1 fully saturated rings. The average molecular weight is 459 g/mol. The second-order valence-corrected chi connectivity index (χ2v) is 7.98. The average Bonchev–Trinajstić information content (AvgIpc) is 2.97. The molecule has 1 aliphatic heterocycles. The third-order valence-electron chi connectivity index (χ3n) is 4.92. The first-order valence-electron chi connectivity index (χ1n) is 9.40. The summed E-state index contributed by atoms with van der Waals surface area (Å²) in [4.78, 5) is 35.3. The van der Waals surface area contributed by atoms with Gasteiger partial charge in [-0.2, -0.15) is 13.2 Å². The molecule has 0 spiro atoms. The highest BCUT2D eigenvalue weighted by Crippen LogP contribution is 2.33. The van der Waals surface area contributed by atoms with Crippen molar-refractivity contribution in [3.05, 3.63) is 52.7 Å². The first-order valence-corrected chi connectivity index (χ1v) is 9.78. The highest BCUT2D eigenvalue weighted by molar-refractivity contribution is 6.30. The summed E-state index contributed by atoms with van der Waals surface area (Å²) in [5, 5.41) is 0.421. The zero-order chi connectivity index (χ0) is 22.9. The maximum Gasteiger partial charge on any atom is 0.417 e. The fourth-order valence-corrected chi connectivity index (χ4v) is 3.55. The summed E-state index contributed by atoms with van der Waals surface area (Å²) < 4.78 is 52.7. The van der Waals surface area contributed by atoms with Crippen molar-refractivity contribution in [1.82, 2.24) is 14.9 Å². The number of hydrogen-bond acceptors (Lipinski definition) is 4. The van der Waals surface area contributed by atoms with Crippen molar-refractivity contribution in [3.8, 4) is 0 Å². The molecule has 31 heavy (non-hydrogen) atoms. The molecule has 3 heterocycles. The molecule has 6 nitrogen and oxygen atoms in total. The quantitative estimate of drug-likeness (QED) is 0.603. The maximum atomic E-state index is 14.4. The van der Waals surface area contributed by atoms with Crippen molar-refractivity contribution < 1.29 is 27.2 Å². The van der Waals surface area contributed by atoms with Crippen molar-refractivity contribution in [2.24, 2.45) is 5.92 Å². The molecule has 0 aliphatic carbocycles. The molecular weight excluding hydrogens is 440 g/mol. The molecule has 1 saturated heterocycles. The van der Waals surface area contributed by atoms with E-state index in [0.29, 0.717) is 23.0 Å². The monoisotopic (exact) mass is 458 g/mol. The molecule has 0 radical (unpaired) electrons. The van der Waals surface area contributed by atoms with Crippen LogP contribution in [-0.4, -0.2) is 45.8 Å². The van der Waals surface area contributed by atoms with Crippen molar-refractivity contribution in [2.45, 2.75) is 32.5 Å². The fraction of sp³-hybridized carbons (Fsp3) is 0.400. The molecule has 0 N–H and O–H groups in total.